The van der Waals surface area contributed by atoms with Crippen LogP contribution in [0.25, 0.3) is 0 Å². The van der Waals surface area contributed by atoms with Gasteiger partial charge in [0, 0.05) is 0 Å². The van der Waals surface area contributed by atoms with E-state index in [4.69, 9.17) is 42.6 Å². The second-order valence-electron chi connectivity index (χ2n) is 25.6. The van der Waals surface area contributed by atoms with Gasteiger partial charge in [-0.3, -0.25) is 4.79 Å². The number of rotatable bonds is 9. The molecule has 26 atom stereocenters. The lowest BCUT2D eigenvalue weighted by molar-refractivity contribution is -0.368. The molecule has 0 unspecified atom stereocenters. The van der Waals surface area contributed by atoms with Gasteiger partial charge in [-0.2, -0.15) is 0 Å². The first-order valence-corrected chi connectivity index (χ1v) is 26.9. The summed E-state index contributed by atoms with van der Waals surface area (Å²) >= 11 is 0. The second-order valence-corrected chi connectivity index (χ2v) is 25.6. The highest BCUT2D eigenvalue weighted by Crippen LogP contribution is 2.76. The van der Waals surface area contributed by atoms with E-state index in [0.29, 0.717) is 25.7 Å². The van der Waals surface area contributed by atoms with Gasteiger partial charge in [0.05, 0.1) is 37.9 Å². The highest BCUT2D eigenvalue weighted by Gasteiger charge is 2.70. The number of aliphatic hydroxyl groups is 10. The molecule has 0 bridgehead atoms. The summed E-state index contributed by atoms with van der Waals surface area (Å²) < 4.78 is 52.6. The molecule has 9 rings (SSSR count). The Labute approximate surface area is 432 Å². The first kappa shape index (κ1) is 56.7. The molecule has 9 aliphatic rings. The quantitative estimate of drug-likeness (QED) is 0.0852. The molecule has 0 radical (unpaired) electrons. The minimum atomic E-state index is -1.83. The van der Waals surface area contributed by atoms with Gasteiger partial charge in [-0.25, -0.2) is 4.79 Å². The number of allylic oxidation sites excluding steroid dienone is 2. The number of aliphatic hydroxyl groups excluding tert-OH is 10. The maximum Gasteiger partial charge on any atom is 0.337 e. The number of methoxy groups -OCH3 is 1. The third kappa shape index (κ3) is 9.14. The van der Waals surface area contributed by atoms with Gasteiger partial charge in [0.1, 0.15) is 67.1 Å². The Morgan fingerprint density at radius 1 is 0.608 bits per heavy atom. The molecule has 21 nitrogen and oxygen atoms in total. The van der Waals surface area contributed by atoms with E-state index in [-0.39, 0.29) is 52.6 Å². The molecule has 10 N–H and O–H groups in total. The average Bonchev–Trinajstić information content (AvgIpc) is 3.35. The minimum absolute atomic E-state index is 0.110. The fraction of sp³-hybridized carbons (Fsp3) is 0.925. The van der Waals surface area contributed by atoms with Gasteiger partial charge in [-0.05, 0) is 116 Å². The van der Waals surface area contributed by atoms with E-state index in [9.17, 15) is 55.9 Å². The predicted molar refractivity (Wildman–Crippen MR) is 254 cm³/mol. The van der Waals surface area contributed by atoms with Crippen LogP contribution in [0, 0.1) is 50.2 Å². The van der Waals surface area contributed by atoms with Crippen LogP contribution >= 0.6 is 0 Å². The first-order valence-electron chi connectivity index (χ1n) is 26.9. The zero-order chi connectivity index (χ0) is 54.0. The number of hydrogen-bond donors (Lipinski definition) is 10. The van der Waals surface area contributed by atoms with Crippen LogP contribution in [0.2, 0.25) is 0 Å². The Morgan fingerprint density at radius 3 is 1.91 bits per heavy atom. The van der Waals surface area contributed by atoms with Gasteiger partial charge < -0.3 is 93.7 Å². The van der Waals surface area contributed by atoms with E-state index in [1.54, 1.807) is 0 Å². The number of carbonyl (C=O) groups is 2. The summed E-state index contributed by atoms with van der Waals surface area (Å²) in [5, 5.41) is 108. The topological polar surface area (TPSA) is 320 Å². The Hall–Kier alpha value is -2.00. The van der Waals surface area contributed by atoms with Crippen LogP contribution in [0.3, 0.4) is 0 Å². The fourth-order valence-electron chi connectivity index (χ4n) is 16.0. The van der Waals surface area contributed by atoms with Crippen molar-refractivity contribution in [2.45, 2.75) is 236 Å². The maximum absolute atomic E-state index is 15.3. The van der Waals surface area contributed by atoms with Gasteiger partial charge in [0.15, 0.2) is 31.1 Å². The van der Waals surface area contributed by atoms with Crippen molar-refractivity contribution in [1.29, 1.82) is 0 Å². The molecule has 0 spiro atoms. The average molecular weight is 1060 g/mol. The smallest absolute Gasteiger partial charge is 0.337 e. The lowest BCUT2D eigenvalue weighted by Gasteiger charge is -2.71. The van der Waals surface area contributed by atoms with Crippen molar-refractivity contribution in [3.05, 3.63) is 11.6 Å². The molecular formula is C53H84O21. The Morgan fingerprint density at radius 2 is 1.22 bits per heavy atom. The van der Waals surface area contributed by atoms with E-state index in [1.807, 2.05) is 0 Å². The van der Waals surface area contributed by atoms with Crippen LogP contribution in [0.4, 0.5) is 0 Å². The van der Waals surface area contributed by atoms with E-state index >= 15 is 4.79 Å². The van der Waals surface area contributed by atoms with Crippen LogP contribution in [0.5, 0.6) is 0 Å². The summed E-state index contributed by atoms with van der Waals surface area (Å²) in [4.78, 5) is 27.8. The molecule has 0 amide bonds. The standard InChI is InChI=1S/C53H84O21/c1-23-39(71-43-36(61)31(56)26(54)21-67-43)35(60)38(63)44(69-23)73-41-32(57)27(55)22-68-46(41)74-47(65)53-18-16-48(2,3)20-25(53)24-10-11-29-50(6)14-13-30(70-45-37(62)33(58)34(59)40(72-45)42(64)66-9)49(4,5)28(50)12-15-52(29,8)51(24,7)17-19-53/h10,23,25-41,43-46,54-63H,11-22H2,1-9H3/t23-,25+,26-,27+,28+,29-,30+,31+,32+,33+,34+,35+,36-,37-,38-,39+,40+,41-,43+,44+,45-,46-,50+,51-,52-,53+/m1/s1. The fourth-order valence-corrected chi connectivity index (χ4v) is 16.0. The molecule has 0 aromatic carbocycles. The molecule has 5 aliphatic carbocycles. The monoisotopic (exact) mass is 1060 g/mol. The van der Waals surface area contributed by atoms with Gasteiger partial charge >= 0.3 is 11.9 Å². The van der Waals surface area contributed by atoms with Crippen LogP contribution in [-0.2, 0) is 52.2 Å². The summed E-state index contributed by atoms with van der Waals surface area (Å²) in [7, 11) is 1.15. The van der Waals surface area contributed by atoms with Crippen LogP contribution in [0.15, 0.2) is 11.6 Å². The van der Waals surface area contributed by atoms with Gasteiger partial charge in [-0.15, -0.1) is 0 Å². The zero-order valence-corrected chi connectivity index (χ0v) is 44.2. The second kappa shape index (κ2) is 20.3. The number of fused-ring (bicyclic) bond motifs is 7. The molecule has 4 saturated heterocycles. The molecule has 74 heavy (non-hydrogen) atoms. The Balaban J connectivity index is 0.927. The molecule has 4 aliphatic heterocycles. The number of esters is 2. The number of ether oxygens (including phenoxy) is 9. The lowest BCUT2D eigenvalue weighted by Crippen LogP contribution is -2.66. The van der Waals surface area contributed by atoms with Gasteiger partial charge in [-0.1, -0.05) is 60.1 Å². The molecule has 4 saturated carbocycles. The summed E-state index contributed by atoms with van der Waals surface area (Å²) in [6.07, 6.45) is -18.5. The maximum atomic E-state index is 15.3. The summed E-state index contributed by atoms with van der Waals surface area (Å²) in [5.41, 5.74) is -0.868. The summed E-state index contributed by atoms with van der Waals surface area (Å²) in [5.74, 6) is -1.15. The molecule has 0 aromatic heterocycles. The van der Waals surface area contributed by atoms with Crippen molar-refractivity contribution >= 4 is 11.9 Å². The van der Waals surface area contributed by atoms with Crippen molar-refractivity contribution in [3.63, 3.8) is 0 Å². The van der Waals surface area contributed by atoms with E-state index in [1.165, 1.54) is 12.5 Å². The van der Waals surface area contributed by atoms with Crippen LogP contribution in [-0.4, -0.2) is 200 Å². The zero-order valence-electron chi connectivity index (χ0n) is 44.2. The van der Waals surface area contributed by atoms with Crippen molar-refractivity contribution in [3.8, 4) is 0 Å². The van der Waals surface area contributed by atoms with Crippen molar-refractivity contribution in [2.75, 3.05) is 20.3 Å². The molecule has 8 fully saturated rings. The third-order valence-electron chi connectivity index (χ3n) is 20.8. The first-order chi connectivity index (χ1) is 34.6. The highest BCUT2D eigenvalue weighted by atomic mass is 16.8. The predicted octanol–water partition coefficient (Wildman–Crippen LogP) is 0.451. The highest BCUT2D eigenvalue weighted by molar-refractivity contribution is 5.79. The largest absolute Gasteiger partial charge is 0.467 e. The SMILES string of the molecule is COC(=O)[C@H]1O[C@@H](O[C@H]2CC[C@]3(C)[C@H]4CC=C5[C@@H]6CC(C)(C)CC[C@]6(C(=O)O[C@H]6OC[C@H](O)[C@H](O)[C@H]6O[C@@H]6O[C@H](C)[C@H](O[C@@H]7OC[C@@H](O)[C@H](O)[C@H]7O)[C@@H](O)[C@H]6O)CC[C@@]5(C)[C@]4(C)CC[C@H]3C2(C)C)[C@H](O)[C@@H](O)[C@@H]1O. The molecular weight excluding hydrogens is 973 g/mol. The van der Waals surface area contributed by atoms with Crippen LogP contribution < -0.4 is 0 Å². The number of hydrogen-bond acceptors (Lipinski definition) is 21. The van der Waals surface area contributed by atoms with E-state index in [2.05, 4.69) is 54.5 Å². The molecule has 4 heterocycles. The Kier molecular flexibility index (Phi) is 15.5. The Bertz CT molecular complexity index is 2090. The lowest BCUT2D eigenvalue weighted by atomic mass is 9.33. The van der Waals surface area contributed by atoms with Crippen molar-refractivity contribution in [1.82, 2.24) is 0 Å². The molecule has 21 heteroatoms. The molecule has 0 aromatic rings. The van der Waals surface area contributed by atoms with Crippen LogP contribution in [0.1, 0.15) is 120 Å². The van der Waals surface area contributed by atoms with Crippen molar-refractivity contribution < 1.29 is 103 Å². The number of carbonyl (C=O) groups excluding carboxylic acids is 2. The van der Waals surface area contributed by atoms with E-state index < -0.39 is 139 Å². The normalized spacial score (nSPS) is 53.0. The van der Waals surface area contributed by atoms with E-state index in [0.717, 1.165) is 45.6 Å². The minimum Gasteiger partial charge on any atom is -0.467 e. The van der Waals surface area contributed by atoms with Gasteiger partial charge in [0.2, 0.25) is 6.29 Å². The van der Waals surface area contributed by atoms with Gasteiger partial charge in [0.25, 0.3) is 0 Å². The van der Waals surface area contributed by atoms with Crippen molar-refractivity contribution in [2.24, 2.45) is 50.2 Å². The molecule has 422 valence electrons. The third-order valence-corrected chi connectivity index (χ3v) is 20.8. The summed E-state index contributed by atoms with van der Waals surface area (Å²) in [6, 6.07) is 0. The summed E-state index contributed by atoms with van der Waals surface area (Å²) in [6.45, 7) is 16.8.